The Morgan fingerprint density at radius 3 is 2.31 bits per heavy atom. The second-order valence-corrected chi connectivity index (χ2v) is 2.51. The van der Waals surface area contributed by atoms with Crippen LogP contribution in [0.25, 0.3) is 0 Å². The number of nitrogens with two attached hydrogens (primary N) is 1. The molecule has 0 saturated carbocycles. The van der Waals surface area contributed by atoms with Gasteiger partial charge in [0.1, 0.15) is 0 Å². The van der Waals surface area contributed by atoms with Gasteiger partial charge in [-0.15, -0.1) is 12.4 Å². The van der Waals surface area contributed by atoms with Crippen LogP contribution in [-0.4, -0.2) is 11.4 Å². The third-order valence-corrected chi connectivity index (χ3v) is 1.57. The summed E-state index contributed by atoms with van der Waals surface area (Å²) < 4.78 is 23.8. The number of halogens is 3. The lowest BCUT2D eigenvalue weighted by molar-refractivity contribution is 0.128. The Bertz CT molecular complexity index is 231. The van der Waals surface area contributed by atoms with Crippen molar-refractivity contribution in [1.82, 2.24) is 4.98 Å². The van der Waals surface area contributed by atoms with Crippen LogP contribution in [0, 0.1) is 0 Å². The average molecular weight is 209 g/mol. The molecule has 2 nitrogen and oxygen atoms in total. The van der Waals surface area contributed by atoms with Crippen LogP contribution < -0.4 is 5.73 Å². The van der Waals surface area contributed by atoms with Crippen molar-refractivity contribution in [1.29, 1.82) is 0 Å². The van der Waals surface area contributed by atoms with Gasteiger partial charge in [0, 0.05) is 24.9 Å². The van der Waals surface area contributed by atoms with Crippen molar-refractivity contribution in [2.75, 3.05) is 0 Å². The maximum atomic E-state index is 11.9. The molecule has 1 atom stereocenters. The molecule has 0 bridgehead atoms. The lowest BCUT2D eigenvalue weighted by Gasteiger charge is -2.09. The van der Waals surface area contributed by atoms with Crippen molar-refractivity contribution in [2.45, 2.75) is 18.9 Å². The minimum atomic E-state index is -2.35. The molecule has 1 heterocycles. The highest BCUT2D eigenvalue weighted by atomic mass is 35.5. The molecule has 1 aromatic rings. The molecule has 0 aliphatic heterocycles. The minimum Gasteiger partial charge on any atom is -0.324 e. The van der Waals surface area contributed by atoms with Gasteiger partial charge < -0.3 is 5.73 Å². The molecule has 0 fully saturated rings. The zero-order valence-corrected chi connectivity index (χ0v) is 7.68. The molecule has 0 unspecified atom stereocenters. The molecule has 1 rings (SSSR count). The smallest absolute Gasteiger partial charge is 0.240 e. The van der Waals surface area contributed by atoms with E-state index >= 15 is 0 Å². The summed E-state index contributed by atoms with van der Waals surface area (Å²) in [7, 11) is 0. The Kier molecular flexibility index (Phi) is 5.50. The molecule has 0 saturated heterocycles. The molecule has 13 heavy (non-hydrogen) atoms. The number of pyridine rings is 1. The van der Waals surface area contributed by atoms with E-state index in [2.05, 4.69) is 4.98 Å². The van der Waals surface area contributed by atoms with Gasteiger partial charge in [-0.25, -0.2) is 8.78 Å². The van der Waals surface area contributed by atoms with E-state index in [9.17, 15) is 8.78 Å². The Morgan fingerprint density at radius 2 is 1.85 bits per heavy atom. The molecule has 1 aromatic heterocycles. The monoisotopic (exact) mass is 208 g/mol. The number of hydrogen-bond donors (Lipinski definition) is 1. The molecule has 0 amide bonds. The molecule has 0 aliphatic rings. The fraction of sp³-hybridized carbons (Fsp3) is 0.375. The van der Waals surface area contributed by atoms with Crippen LogP contribution in [0.15, 0.2) is 24.5 Å². The first-order chi connectivity index (χ1) is 5.70. The Labute approximate surface area is 81.6 Å². The maximum absolute atomic E-state index is 11.9. The summed E-state index contributed by atoms with van der Waals surface area (Å²) in [6.07, 6.45) is 0.430. The van der Waals surface area contributed by atoms with E-state index in [0.717, 1.165) is 0 Å². The quantitative estimate of drug-likeness (QED) is 0.827. The molecular formula is C8H11ClF2N2. The normalized spacial score (nSPS) is 12.3. The van der Waals surface area contributed by atoms with Gasteiger partial charge >= 0.3 is 0 Å². The van der Waals surface area contributed by atoms with Crippen molar-refractivity contribution in [3.8, 4) is 0 Å². The minimum absolute atomic E-state index is 0. The van der Waals surface area contributed by atoms with Gasteiger partial charge in [0.15, 0.2) is 0 Å². The number of rotatable bonds is 3. The molecule has 2 N–H and O–H groups in total. The second kappa shape index (κ2) is 5.83. The van der Waals surface area contributed by atoms with E-state index in [-0.39, 0.29) is 18.8 Å². The maximum Gasteiger partial charge on any atom is 0.240 e. The highest BCUT2D eigenvalue weighted by Gasteiger charge is 2.11. The first-order valence-corrected chi connectivity index (χ1v) is 3.64. The molecule has 5 heteroatoms. The summed E-state index contributed by atoms with van der Waals surface area (Å²) in [4.78, 5) is 3.76. The molecule has 0 radical (unpaired) electrons. The van der Waals surface area contributed by atoms with E-state index in [1.807, 2.05) is 0 Å². The van der Waals surface area contributed by atoms with Crippen LogP contribution in [0.3, 0.4) is 0 Å². The van der Waals surface area contributed by atoms with Crippen molar-refractivity contribution >= 4 is 12.4 Å². The van der Waals surface area contributed by atoms with Crippen molar-refractivity contribution in [2.24, 2.45) is 5.73 Å². The number of nitrogens with zero attached hydrogens (tertiary/aromatic N) is 1. The van der Waals surface area contributed by atoms with E-state index < -0.39 is 12.5 Å². The summed E-state index contributed by atoms with van der Waals surface area (Å²) in [6, 6.07) is 2.70. The van der Waals surface area contributed by atoms with Crippen molar-refractivity contribution in [3.63, 3.8) is 0 Å². The average Bonchev–Trinajstić information content (AvgIpc) is 2.05. The predicted molar refractivity (Wildman–Crippen MR) is 49.0 cm³/mol. The van der Waals surface area contributed by atoms with Crippen molar-refractivity contribution < 1.29 is 8.78 Å². The molecule has 0 aromatic carbocycles. The van der Waals surface area contributed by atoms with E-state index in [4.69, 9.17) is 5.73 Å². The van der Waals surface area contributed by atoms with Crippen LogP contribution in [0.1, 0.15) is 18.0 Å². The largest absolute Gasteiger partial charge is 0.324 e. The van der Waals surface area contributed by atoms with Crippen molar-refractivity contribution in [3.05, 3.63) is 30.1 Å². The van der Waals surface area contributed by atoms with Gasteiger partial charge in [-0.1, -0.05) is 0 Å². The molecular weight excluding hydrogens is 198 g/mol. The SMILES string of the molecule is Cl.N[C@@H](CC(F)F)c1ccncc1. The zero-order chi connectivity index (χ0) is 8.97. The number of hydrogen-bond acceptors (Lipinski definition) is 2. The van der Waals surface area contributed by atoms with Crippen LogP contribution in [0.5, 0.6) is 0 Å². The van der Waals surface area contributed by atoms with Crippen LogP contribution in [0.4, 0.5) is 8.78 Å². The molecule has 0 aliphatic carbocycles. The molecule has 0 spiro atoms. The van der Waals surface area contributed by atoms with Crippen LogP contribution in [-0.2, 0) is 0 Å². The van der Waals surface area contributed by atoms with Crippen LogP contribution >= 0.6 is 12.4 Å². The highest BCUT2D eigenvalue weighted by Crippen LogP contribution is 2.16. The van der Waals surface area contributed by atoms with Gasteiger partial charge in [0.05, 0.1) is 0 Å². The zero-order valence-electron chi connectivity index (χ0n) is 6.86. The summed E-state index contributed by atoms with van der Waals surface area (Å²) in [5.74, 6) is 0. The third kappa shape index (κ3) is 4.15. The Balaban J connectivity index is 0.00000144. The summed E-state index contributed by atoms with van der Waals surface area (Å²) in [5, 5.41) is 0. The summed E-state index contributed by atoms with van der Waals surface area (Å²) >= 11 is 0. The van der Waals surface area contributed by atoms with Crippen LogP contribution in [0.2, 0.25) is 0 Å². The fourth-order valence-corrected chi connectivity index (χ4v) is 0.939. The van der Waals surface area contributed by atoms with E-state index in [1.165, 1.54) is 0 Å². The summed E-state index contributed by atoms with van der Waals surface area (Å²) in [5.41, 5.74) is 6.19. The van der Waals surface area contributed by atoms with Gasteiger partial charge in [-0.3, -0.25) is 4.98 Å². The second-order valence-electron chi connectivity index (χ2n) is 2.51. The molecule has 74 valence electrons. The Hall–Kier alpha value is -0.740. The number of aromatic nitrogens is 1. The standard InChI is InChI=1S/C8H10F2N2.ClH/c9-8(10)5-7(11)6-1-3-12-4-2-6;/h1-4,7-8H,5,11H2;1H/t7-;/m0./s1. The van der Waals surface area contributed by atoms with E-state index in [1.54, 1.807) is 24.5 Å². The highest BCUT2D eigenvalue weighted by molar-refractivity contribution is 5.85. The Morgan fingerprint density at radius 1 is 1.31 bits per heavy atom. The lowest BCUT2D eigenvalue weighted by Crippen LogP contribution is -2.13. The lowest BCUT2D eigenvalue weighted by atomic mass is 10.1. The third-order valence-electron chi connectivity index (χ3n) is 1.57. The number of alkyl halides is 2. The van der Waals surface area contributed by atoms with Gasteiger partial charge in [-0.05, 0) is 17.7 Å². The summed E-state index contributed by atoms with van der Waals surface area (Å²) in [6.45, 7) is 0. The first-order valence-electron chi connectivity index (χ1n) is 3.64. The first kappa shape index (κ1) is 12.3. The fourth-order valence-electron chi connectivity index (χ4n) is 0.939. The van der Waals surface area contributed by atoms with Gasteiger partial charge in [0.25, 0.3) is 0 Å². The predicted octanol–water partition coefficient (Wildman–Crippen LogP) is 2.16. The van der Waals surface area contributed by atoms with E-state index in [0.29, 0.717) is 5.56 Å². The topological polar surface area (TPSA) is 38.9 Å². The van der Waals surface area contributed by atoms with Gasteiger partial charge in [-0.2, -0.15) is 0 Å². The van der Waals surface area contributed by atoms with Gasteiger partial charge in [0.2, 0.25) is 6.43 Å².